The molecule has 0 radical (unpaired) electrons. The highest BCUT2D eigenvalue weighted by Gasteiger charge is 2.25. The summed E-state index contributed by atoms with van der Waals surface area (Å²) in [6.07, 6.45) is 3.03. The van der Waals surface area contributed by atoms with Crippen molar-refractivity contribution in [2.45, 2.75) is 49.7 Å². The van der Waals surface area contributed by atoms with E-state index in [1.807, 2.05) is 18.0 Å². The molecule has 0 saturated heterocycles. The molecule has 0 N–H and O–H groups in total. The lowest BCUT2D eigenvalue weighted by Gasteiger charge is -2.22. The Morgan fingerprint density at radius 1 is 1.00 bits per heavy atom. The summed E-state index contributed by atoms with van der Waals surface area (Å²) in [5.41, 5.74) is 6.71. The highest BCUT2D eigenvalue weighted by molar-refractivity contribution is 8.00. The zero-order chi connectivity index (χ0) is 21.3. The van der Waals surface area contributed by atoms with Gasteiger partial charge in [-0.25, -0.2) is 0 Å². The first-order chi connectivity index (χ1) is 14.9. The van der Waals surface area contributed by atoms with Gasteiger partial charge in [0.25, 0.3) is 0 Å². The molecule has 3 heterocycles. The van der Waals surface area contributed by atoms with Crippen molar-refractivity contribution in [3.63, 3.8) is 0 Å². The lowest BCUT2D eigenvalue weighted by molar-refractivity contribution is 0.596. The van der Waals surface area contributed by atoms with Crippen molar-refractivity contribution in [3.05, 3.63) is 71.9 Å². The molecule has 0 saturated carbocycles. The van der Waals surface area contributed by atoms with Crippen LogP contribution in [0.3, 0.4) is 0 Å². The summed E-state index contributed by atoms with van der Waals surface area (Å²) >= 11 is 1.97. The molecule has 1 unspecified atom stereocenters. The van der Waals surface area contributed by atoms with Crippen LogP contribution in [-0.4, -0.2) is 10.2 Å². The summed E-state index contributed by atoms with van der Waals surface area (Å²) in [5, 5.41) is 5.61. The fourth-order valence-electron chi connectivity index (χ4n) is 4.98. The minimum atomic E-state index is 0.0333. The van der Waals surface area contributed by atoms with Gasteiger partial charge in [0.05, 0.1) is 0 Å². The minimum absolute atomic E-state index is 0.0333. The average Bonchev–Trinajstić information content (AvgIpc) is 3.31. The highest BCUT2D eigenvalue weighted by atomic mass is 32.2. The van der Waals surface area contributed by atoms with Gasteiger partial charge in [0.1, 0.15) is 11.3 Å². The second-order valence-corrected chi connectivity index (χ2v) is 11.2. The summed E-state index contributed by atoms with van der Waals surface area (Å²) in [4.78, 5) is 6.20. The van der Waals surface area contributed by atoms with E-state index in [2.05, 4.69) is 82.3 Å². The van der Waals surface area contributed by atoms with Crippen molar-refractivity contribution < 1.29 is 4.42 Å². The summed E-state index contributed by atoms with van der Waals surface area (Å²) < 4.78 is 6.46. The SMILES string of the molecule is CC1Cc2c(ccc3oc4c(-c5cc(C(C)(C)C)c6ccccc6c5)nccc4c23)S1. The first kappa shape index (κ1) is 18.9. The van der Waals surface area contributed by atoms with Gasteiger partial charge >= 0.3 is 0 Å². The Bertz CT molecular complexity index is 1490. The standard InChI is InChI=1S/C28H25NOS/c1-16-13-21-24(31-16)10-9-23-25(21)20-11-12-29-26(27(20)30-23)18-14-17-7-5-6-8-19(17)22(15-18)28(2,3)4/h5-12,14-16H,13H2,1-4H3. The second-order valence-electron chi connectivity index (χ2n) is 9.68. The smallest absolute Gasteiger partial charge is 0.161 e. The van der Waals surface area contributed by atoms with E-state index in [0.717, 1.165) is 28.8 Å². The molecule has 2 nitrogen and oxygen atoms in total. The van der Waals surface area contributed by atoms with Crippen LogP contribution >= 0.6 is 11.8 Å². The van der Waals surface area contributed by atoms with E-state index < -0.39 is 0 Å². The Hall–Kier alpha value is -2.78. The lowest BCUT2D eigenvalue weighted by Crippen LogP contribution is -2.12. The van der Waals surface area contributed by atoms with Crippen molar-refractivity contribution in [2.75, 3.05) is 0 Å². The van der Waals surface area contributed by atoms with E-state index in [9.17, 15) is 0 Å². The average molecular weight is 424 g/mol. The van der Waals surface area contributed by atoms with E-state index in [4.69, 9.17) is 9.40 Å². The predicted octanol–water partition coefficient (Wildman–Crippen LogP) is 8.14. The van der Waals surface area contributed by atoms with Gasteiger partial charge in [0, 0.05) is 32.7 Å². The van der Waals surface area contributed by atoms with Gasteiger partial charge in [-0.1, -0.05) is 52.0 Å². The van der Waals surface area contributed by atoms with Gasteiger partial charge in [-0.3, -0.25) is 4.98 Å². The molecule has 154 valence electrons. The van der Waals surface area contributed by atoms with Crippen LogP contribution in [0.5, 0.6) is 0 Å². The maximum absolute atomic E-state index is 6.46. The number of thioether (sulfide) groups is 1. The van der Waals surface area contributed by atoms with Crippen molar-refractivity contribution in [1.82, 2.24) is 4.98 Å². The van der Waals surface area contributed by atoms with Crippen LogP contribution in [0.25, 0.3) is 44.0 Å². The Morgan fingerprint density at radius 2 is 1.84 bits per heavy atom. The Balaban J connectivity index is 1.66. The van der Waals surface area contributed by atoms with Gasteiger partial charge in [-0.05, 0) is 64.1 Å². The number of aromatic nitrogens is 1. The van der Waals surface area contributed by atoms with E-state index >= 15 is 0 Å². The first-order valence-electron chi connectivity index (χ1n) is 10.9. The second kappa shape index (κ2) is 6.61. The molecule has 1 aliphatic rings. The predicted molar refractivity (Wildman–Crippen MR) is 132 cm³/mol. The summed E-state index contributed by atoms with van der Waals surface area (Å²) in [6, 6.07) is 19.7. The number of hydrogen-bond donors (Lipinski definition) is 0. The third-order valence-corrected chi connectivity index (χ3v) is 7.59. The maximum atomic E-state index is 6.46. The number of pyridine rings is 1. The van der Waals surface area contributed by atoms with Crippen LogP contribution in [0.15, 0.2) is 70.1 Å². The molecular formula is C28H25NOS. The van der Waals surface area contributed by atoms with Crippen molar-refractivity contribution in [2.24, 2.45) is 0 Å². The molecule has 31 heavy (non-hydrogen) atoms. The van der Waals surface area contributed by atoms with Crippen LogP contribution in [-0.2, 0) is 11.8 Å². The van der Waals surface area contributed by atoms with Crippen molar-refractivity contribution in [3.8, 4) is 11.3 Å². The van der Waals surface area contributed by atoms with Gasteiger partial charge in [-0.15, -0.1) is 11.8 Å². The van der Waals surface area contributed by atoms with Gasteiger partial charge in [0.15, 0.2) is 5.58 Å². The van der Waals surface area contributed by atoms with Crippen LogP contribution in [0.1, 0.15) is 38.8 Å². The van der Waals surface area contributed by atoms with Crippen LogP contribution in [0.2, 0.25) is 0 Å². The number of rotatable bonds is 1. The summed E-state index contributed by atoms with van der Waals surface area (Å²) in [6.45, 7) is 9.12. The minimum Gasteiger partial charge on any atom is -0.454 e. The number of hydrogen-bond acceptors (Lipinski definition) is 3. The van der Waals surface area contributed by atoms with E-state index in [0.29, 0.717) is 5.25 Å². The molecule has 0 amide bonds. The highest BCUT2D eigenvalue weighted by Crippen LogP contribution is 2.45. The molecule has 0 bridgehead atoms. The molecule has 3 heteroatoms. The molecule has 0 fully saturated rings. The maximum Gasteiger partial charge on any atom is 0.161 e. The molecule has 3 aromatic carbocycles. The van der Waals surface area contributed by atoms with Crippen LogP contribution in [0, 0.1) is 0 Å². The van der Waals surface area contributed by atoms with Crippen LogP contribution in [0.4, 0.5) is 0 Å². The van der Waals surface area contributed by atoms with Crippen molar-refractivity contribution in [1.29, 1.82) is 0 Å². The molecule has 6 rings (SSSR count). The summed E-state index contributed by atoms with van der Waals surface area (Å²) in [7, 11) is 0. The molecule has 0 aliphatic carbocycles. The largest absolute Gasteiger partial charge is 0.454 e. The monoisotopic (exact) mass is 423 g/mol. The lowest BCUT2D eigenvalue weighted by atomic mass is 9.82. The molecule has 1 aliphatic heterocycles. The Kier molecular flexibility index (Phi) is 4.04. The molecule has 0 spiro atoms. The van der Waals surface area contributed by atoms with E-state index in [1.165, 1.54) is 37.6 Å². The first-order valence-corrected chi connectivity index (χ1v) is 11.8. The molecule has 2 aromatic heterocycles. The van der Waals surface area contributed by atoms with Gasteiger partial charge < -0.3 is 4.42 Å². The number of benzene rings is 3. The zero-order valence-electron chi connectivity index (χ0n) is 18.3. The van der Waals surface area contributed by atoms with E-state index in [-0.39, 0.29) is 5.41 Å². The molecule has 1 atom stereocenters. The number of furan rings is 1. The molecule has 5 aromatic rings. The van der Waals surface area contributed by atoms with Gasteiger partial charge in [-0.2, -0.15) is 0 Å². The normalized spacial score (nSPS) is 16.5. The third-order valence-electron chi connectivity index (χ3n) is 6.38. The topological polar surface area (TPSA) is 26.0 Å². The Morgan fingerprint density at radius 3 is 2.68 bits per heavy atom. The quantitative estimate of drug-likeness (QED) is 0.272. The van der Waals surface area contributed by atoms with Crippen LogP contribution < -0.4 is 0 Å². The molecular weight excluding hydrogens is 398 g/mol. The van der Waals surface area contributed by atoms with E-state index in [1.54, 1.807) is 0 Å². The number of fused-ring (bicyclic) bond motifs is 6. The zero-order valence-corrected chi connectivity index (χ0v) is 19.1. The fourth-order valence-corrected chi connectivity index (χ4v) is 6.14. The third kappa shape index (κ3) is 2.90. The number of nitrogens with zero attached hydrogens (tertiary/aromatic N) is 1. The summed E-state index contributed by atoms with van der Waals surface area (Å²) in [5.74, 6) is 0. The fraction of sp³-hybridized carbons (Fsp3) is 0.250. The Labute approximate surface area is 186 Å². The van der Waals surface area contributed by atoms with Gasteiger partial charge in [0.2, 0.25) is 0 Å². The van der Waals surface area contributed by atoms with Crippen molar-refractivity contribution >= 4 is 44.5 Å².